The van der Waals surface area contributed by atoms with E-state index in [2.05, 4.69) is 0 Å². The van der Waals surface area contributed by atoms with Crippen molar-refractivity contribution in [1.82, 2.24) is 4.31 Å². The van der Waals surface area contributed by atoms with Gasteiger partial charge < -0.3 is 5.73 Å². The molecule has 1 aliphatic heterocycles. The molecule has 0 aliphatic carbocycles. The zero-order chi connectivity index (χ0) is 15.8. The number of benzene rings is 1. The molecule has 4 nitrogen and oxygen atoms in total. The van der Waals surface area contributed by atoms with E-state index in [9.17, 15) is 21.6 Å². The lowest BCUT2D eigenvalue weighted by Gasteiger charge is -2.38. The first kappa shape index (κ1) is 16.3. The minimum atomic E-state index is -4.25. The van der Waals surface area contributed by atoms with Gasteiger partial charge in [0.2, 0.25) is 10.0 Å². The van der Waals surface area contributed by atoms with E-state index in [-0.39, 0.29) is 19.0 Å². The third-order valence-corrected chi connectivity index (χ3v) is 5.83. The van der Waals surface area contributed by atoms with E-state index in [0.717, 1.165) is 16.8 Å². The zero-order valence-corrected chi connectivity index (χ0v) is 12.3. The fourth-order valence-electron chi connectivity index (χ4n) is 2.69. The normalized spacial score (nSPS) is 24.2. The fraction of sp³-hybridized carbons (Fsp3) is 0.538. The van der Waals surface area contributed by atoms with Crippen molar-refractivity contribution < 1.29 is 21.6 Å². The average molecular weight is 322 g/mol. The van der Waals surface area contributed by atoms with Crippen LogP contribution in [0.5, 0.6) is 0 Å². The van der Waals surface area contributed by atoms with Crippen LogP contribution >= 0.6 is 0 Å². The van der Waals surface area contributed by atoms with E-state index in [1.807, 2.05) is 6.92 Å². The fourth-order valence-corrected chi connectivity index (χ4v) is 4.52. The Morgan fingerprint density at radius 3 is 2.57 bits per heavy atom. The second kappa shape index (κ2) is 5.94. The molecule has 2 N–H and O–H groups in total. The standard InChI is InChI=1S/C13H17F3N2O2S/c1-8-3-2-6-18(10(8)7-17)21(19,20)11-5-4-9(14)12(15)13(11)16/h4-5,8,10H,2-3,6-7,17H2,1H3. The Morgan fingerprint density at radius 1 is 1.29 bits per heavy atom. The monoisotopic (exact) mass is 322 g/mol. The van der Waals surface area contributed by atoms with E-state index in [1.54, 1.807) is 0 Å². The predicted octanol–water partition coefficient (Wildman–Crippen LogP) is 1.85. The van der Waals surface area contributed by atoms with Crippen LogP contribution in [0.1, 0.15) is 19.8 Å². The molecule has 0 saturated carbocycles. The number of hydrogen-bond acceptors (Lipinski definition) is 3. The summed E-state index contributed by atoms with van der Waals surface area (Å²) in [7, 11) is -4.25. The van der Waals surface area contributed by atoms with Crippen molar-refractivity contribution in [1.29, 1.82) is 0 Å². The second-order valence-electron chi connectivity index (χ2n) is 5.21. The largest absolute Gasteiger partial charge is 0.329 e. The lowest BCUT2D eigenvalue weighted by molar-refractivity contribution is 0.192. The first-order valence-corrected chi connectivity index (χ1v) is 8.10. The van der Waals surface area contributed by atoms with Crippen molar-refractivity contribution in [3.05, 3.63) is 29.6 Å². The summed E-state index contributed by atoms with van der Waals surface area (Å²) in [6.07, 6.45) is 1.43. The van der Waals surface area contributed by atoms with Crippen molar-refractivity contribution in [3.63, 3.8) is 0 Å². The molecule has 2 unspecified atom stereocenters. The van der Waals surface area contributed by atoms with Gasteiger partial charge in [0.25, 0.3) is 0 Å². The highest BCUT2D eigenvalue weighted by Gasteiger charge is 2.38. The molecule has 2 rings (SSSR count). The van der Waals surface area contributed by atoms with E-state index >= 15 is 0 Å². The minimum absolute atomic E-state index is 0.0203. The molecule has 0 radical (unpaired) electrons. The summed E-state index contributed by atoms with van der Waals surface area (Å²) in [4.78, 5) is -0.853. The molecule has 1 saturated heterocycles. The van der Waals surface area contributed by atoms with E-state index in [0.29, 0.717) is 12.5 Å². The maximum atomic E-state index is 13.8. The molecule has 1 heterocycles. The van der Waals surface area contributed by atoms with Crippen LogP contribution in [0.4, 0.5) is 13.2 Å². The van der Waals surface area contributed by atoms with Crippen molar-refractivity contribution in [3.8, 4) is 0 Å². The Bertz CT molecular complexity index is 637. The van der Waals surface area contributed by atoms with Crippen LogP contribution in [0.2, 0.25) is 0 Å². The van der Waals surface area contributed by atoms with Crippen LogP contribution in [0.25, 0.3) is 0 Å². The molecule has 118 valence electrons. The zero-order valence-electron chi connectivity index (χ0n) is 11.5. The summed E-state index contributed by atoms with van der Waals surface area (Å²) >= 11 is 0. The van der Waals surface area contributed by atoms with Gasteiger partial charge >= 0.3 is 0 Å². The van der Waals surface area contributed by atoms with Gasteiger partial charge in [0.05, 0.1) is 0 Å². The van der Waals surface area contributed by atoms with Gasteiger partial charge in [-0.05, 0) is 30.9 Å². The smallest absolute Gasteiger partial charge is 0.246 e. The van der Waals surface area contributed by atoms with Gasteiger partial charge in [0, 0.05) is 19.1 Å². The van der Waals surface area contributed by atoms with Crippen molar-refractivity contribution in [2.75, 3.05) is 13.1 Å². The number of piperidine rings is 1. The molecule has 1 aliphatic rings. The van der Waals surface area contributed by atoms with Crippen LogP contribution in [-0.4, -0.2) is 31.9 Å². The molecular weight excluding hydrogens is 305 g/mol. The highest BCUT2D eigenvalue weighted by Crippen LogP contribution is 2.30. The van der Waals surface area contributed by atoms with E-state index < -0.39 is 38.4 Å². The van der Waals surface area contributed by atoms with Crippen molar-refractivity contribution in [2.45, 2.75) is 30.7 Å². The Morgan fingerprint density at radius 2 is 1.95 bits per heavy atom. The third kappa shape index (κ3) is 2.79. The van der Waals surface area contributed by atoms with Crippen molar-refractivity contribution in [2.24, 2.45) is 11.7 Å². The van der Waals surface area contributed by atoms with Gasteiger partial charge in [-0.25, -0.2) is 21.6 Å². The summed E-state index contributed by atoms with van der Waals surface area (Å²) in [6, 6.07) is 0.878. The molecule has 0 bridgehead atoms. The summed E-state index contributed by atoms with van der Waals surface area (Å²) in [6.45, 7) is 2.14. The molecule has 0 amide bonds. The van der Waals surface area contributed by atoms with Gasteiger partial charge in [-0.3, -0.25) is 0 Å². The van der Waals surface area contributed by atoms with Crippen LogP contribution in [0, 0.1) is 23.4 Å². The Hall–Kier alpha value is -1.12. The predicted molar refractivity (Wildman–Crippen MR) is 71.4 cm³/mol. The summed E-state index contributed by atoms with van der Waals surface area (Å²) in [5.41, 5.74) is 5.62. The van der Waals surface area contributed by atoms with Crippen LogP contribution < -0.4 is 5.73 Å². The highest BCUT2D eigenvalue weighted by atomic mass is 32.2. The summed E-state index contributed by atoms with van der Waals surface area (Å²) < 4.78 is 66.2. The maximum absolute atomic E-state index is 13.8. The quantitative estimate of drug-likeness (QED) is 0.864. The number of nitrogens with zero attached hydrogens (tertiary/aromatic N) is 1. The van der Waals surface area contributed by atoms with Crippen LogP contribution in [0.3, 0.4) is 0 Å². The lowest BCUT2D eigenvalue weighted by Crippen LogP contribution is -2.51. The lowest BCUT2D eigenvalue weighted by atomic mass is 9.93. The second-order valence-corrected chi connectivity index (χ2v) is 7.07. The molecule has 0 spiro atoms. The molecule has 2 atom stereocenters. The van der Waals surface area contributed by atoms with Gasteiger partial charge in [-0.2, -0.15) is 4.31 Å². The molecule has 8 heteroatoms. The molecule has 21 heavy (non-hydrogen) atoms. The number of nitrogens with two attached hydrogens (primary N) is 1. The topological polar surface area (TPSA) is 63.4 Å². The molecule has 0 aromatic heterocycles. The van der Waals surface area contributed by atoms with E-state index in [1.165, 1.54) is 0 Å². The number of sulfonamides is 1. The highest BCUT2D eigenvalue weighted by molar-refractivity contribution is 7.89. The molecule has 1 aromatic carbocycles. The Balaban J connectivity index is 2.49. The average Bonchev–Trinajstić information content (AvgIpc) is 2.44. The molecule has 1 fully saturated rings. The van der Waals surface area contributed by atoms with E-state index in [4.69, 9.17) is 5.73 Å². The maximum Gasteiger partial charge on any atom is 0.246 e. The first-order chi connectivity index (χ1) is 9.80. The van der Waals surface area contributed by atoms with Gasteiger partial charge in [-0.15, -0.1) is 0 Å². The van der Waals surface area contributed by atoms with Crippen LogP contribution in [-0.2, 0) is 10.0 Å². The summed E-state index contributed by atoms with van der Waals surface area (Å²) in [5, 5.41) is 0. The Kier molecular flexibility index (Phi) is 4.60. The Labute approximate surface area is 121 Å². The van der Waals surface area contributed by atoms with Gasteiger partial charge in [0.1, 0.15) is 4.90 Å². The molecular formula is C13H17F3N2O2S. The minimum Gasteiger partial charge on any atom is -0.329 e. The van der Waals surface area contributed by atoms with Crippen LogP contribution in [0.15, 0.2) is 17.0 Å². The third-order valence-electron chi connectivity index (χ3n) is 3.89. The number of halogens is 3. The molecule has 1 aromatic rings. The number of hydrogen-bond donors (Lipinski definition) is 1. The first-order valence-electron chi connectivity index (χ1n) is 6.66. The number of rotatable bonds is 3. The van der Waals surface area contributed by atoms with Gasteiger partial charge in [0.15, 0.2) is 17.5 Å². The van der Waals surface area contributed by atoms with Crippen molar-refractivity contribution >= 4 is 10.0 Å². The summed E-state index contributed by atoms with van der Waals surface area (Å²) in [5.74, 6) is -4.88. The SMILES string of the molecule is CC1CCCN(S(=O)(=O)c2ccc(F)c(F)c2F)C1CN. The van der Waals surface area contributed by atoms with Gasteiger partial charge in [-0.1, -0.05) is 6.92 Å².